The predicted molar refractivity (Wildman–Crippen MR) is 64.9 cm³/mol. The summed E-state index contributed by atoms with van der Waals surface area (Å²) in [5.74, 6) is 0.300. The third kappa shape index (κ3) is 1.76. The van der Waals surface area contributed by atoms with Gasteiger partial charge in [0.05, 0.1) is 12.1 Å². The van der Waals surface area contributed by atoms with Crippen LogP contribution in [0.2, 0.25) is 0 Å². The number of rotatable bonds is 2. The van der Waals surface area contributed by atoms with E-state index in [9.17, 15) is 10.2 Å². The number of fused-ring (bicyclic) bond motifs is 1. The molecule has 0 aliphatic carbocycles. The number of aliphatic hydroxyl groups is 1. The maximum absolute atomic E-state index is 9.81. The number of hydrogen-bond donors (Lipinski definition) is 2. The maximum Gasteiger partial charge on any atom is 0.116 e. The van der Waals surface area contributed by atoms with E-state index in [1.165, 1.54) is 0 Å². The molecule has 2 unspecified atom stereocenters. The molecule has 2 atom stereocenters. The van der Waals surface area contributed by atoms with Gasteiger partial charge in [0.2, 0.25) is 0 Å². The van der Waals surface area contributed by atoms with Crippen LogP contribution in [0.25, 0.3) is 0 Å². The lowest BCUT2D eigenvalue weighted by Crippen LogP contribution is -2.44. The van der Waals surface area contributed by atoms with E-state index in [0.29, 0.717) is 11.8 Å². The Labute approximate surface area is 96.3 Å². The van der Waals surface area contributed by atoms with Gasteiger partial charge in [0.1, 0.15) is 5.75 Å². The van der Waals surface area contributed by atoms with Crippen molar-refractivity contribution in [3.8, 4) is 5.75 Å². The van der Waals surface area contributed by atoms with Crippen molar-refractivity contribution in [3.63, 3.8) is 0 Å². The monoisotopic (exact) mass is 221 g/mol. The summed E-state index contributed by atoms with van der Waals surface area (Å²) in [6.45, 7) is 6.07. The lowest BCUT2D eigenvalue weighted by atomic mass is 10.1. The van der Waals surface area contributed by atoms with Crippen molar-refractivity contribution in [1.29, 1.82) is 0 Å². The lowest BCUT2D eigenvalue weighted by molar-refractivity contribution is 0.159. The van der Waals surface area contributed by atoms with Gasteiger partial charge in [-0.3, -0.25) is 0 Å². The molecule has 1 aliphatic heterocycles. The highest BCUT2D eigenvalue weighted by Crippen LogP contribution is 2.36. The second kappa shape index (κ2) is 3.98. The third-order valence-corrected chi connectivity index (χ3v) is 3.24. The molecule has 0 fully saturated rings. The van der Waals surface area contributed by atoms with Crippen LogP contribution in [0.4, 0.5) is 5.69 Å². The molecule has 1 aliphatic rings. The van der Waals surface area contributed by atoms with Gasteiger partial charge in [0, 0.05) is 11.7 Å². The normalized spacial score (nSPS) is 21.3. The second-order valence-corrected chi connectivity index (χ2v) is 4.83. The Morgan fingerprint density at radius 2 is 2.00 bits per heavy atom. The fraction of sp³-hybridized carbons (Fsp3) is 0.538. The first-order chi connectivity index (χ1) is 7.50. The van der Waals surface area contributed by atoms with Crippen LogP contribution in [0, 0.1) is 0 Å². The smallest absolute Gasteiger partial charge is 0.116 e. The SMILES string of the molecule is CC(O)C1Cc2cc(O)ccc2N1C(C)C. The summed E-state index contributed by atoms with van der Waals surface area (Å²) in [7, 11) is 0. The van der Waals surface area contributed by atoms with E-state index in [4.69, 9.17) is 0 Å². The van der Waals surface area contributed by atoms with E-state index in [1.54, 1.807) is 12.1 Å². The highest BCUT2D eigenvalue weighted by molar-refractivity contribution is 5.62. The number of aliphatic hydroxyl groups excluding tert-OH is 1. The first-order valence-electron chi connectivity index (χ1n) is 5.79. The van der Waals surface area contributed by atoms with E-state index in [-0.39, 0.29) is 12.1 Å². The van der Waals surface area contributed by atoms with E-state index in [2.05, 4.69) is 18.7 Å². The van der Waals surface area contributed by atoms with Gasteiger partial charge in [-0.15, -0.1) is 0 Å². The van der Waals surface area contributed by atoms with Gasteiger partial charge >= 0.3 is 0 Å². The summed E-state index contributed by atoms with van der Waals surface area (Å²) in [5.41, 5.74) is 2.26. The minimum absolute atomic E-state index is 0.122. The van der Waals surface area contributed by atoms with Crippen LogP contribution in [0.15, 0.2) is 18.2 Å². The van der Waals surface area contributed by atoms with Crippen molar-refractivity contribution < 1.29 is 10.2 Å². The Morgan fingerprint density at radius 3 is 2.56 bits per heavy atom. The molecule has 3 nitrogen and oxygen atoms in total. The van der Waals surface area contributed by atoms with Crippen molar-refractivity contribution in [1.82, 2.24) is 0 Å². The molecule has 1 aromatic carbocycles. The molecule has 0 saturated carbocycles. The molecule has 2 N–H and O–H groups in total. The van der Waals surface area contributed by atoms with Crippen LogP contribution < -0.4 is 4.90 Å². The average Bonchev–Trinajstić information content (AvgIpc) is 2.55. The summed E-state index contributed by atoms with van der Waals surface area (Å²) < 4.78 is 0. The van der Waals surface area contributed by atoms with E-state index < -0.39 is 0 Å². The summed E-state index contributed by atoms with van der Waals surface area (Å²) in [5, 5.41) is 19.3. The number of nitrogens with zero attached hydrogens (tertiary/aromatic N) is 1. The average molecular weight is 221 g/mol. The molecular formula is C13H19NO2. The first kappa shape index (κ1) is 11.3. The van der Waals surface area contributed by atoms with E-state index >= 15 is 0 Å². The maximum atomic E-state index is 9.81. The van der Waals surface area contributed by atoms with Gasteiger partial charge in [0.15, 0.2) is 0 Å². The van der Waals surface area contributed by atoms with E-state index in [1.807, 2.05) is 13.0 Å². The van der Waals surface area contributed by atoms with Gasteiger partial charge in [-0.05, 0) is 51.0 Å². The first-order valence-corrected chi connectivity index (χ1v) is 5.79. The van der Waals surface area contributed by atoms with Gasteiger partial charge in [-0.1, -0.05) is 0 Å². The summed E-state index contributed by atoms with van der Waals surface area (Å²) in [6, 6.07) is 5.92. The van der Waals surface area contributed by atoms with Crippen molar-refractivity contribution in [2.75, 3.05) is 4.90 Å². The zero-order valence-corrected chi connectivity index (χ0v) is 10.0. The minimum Gasteiger partial charge on any atom is -0.508 e. The van der Waals surface area contributed by atoms with Gasteiger partial charge in [-0.2, -0.15) is 0 Å². The van der Waals surface area contributed by atoms with Crippen LogP contribution in [0.1, 0.15) is 26.3 Å². The van der Waals surface area contributed by atoms with Crippen molar-refractivity contribution >= 4 is 5.69 Å². The van der Waals surface area contributed by atoms with Gasteiger partial charge in [0.25, 0.3) is 0 Å². The second-order valence-electron chi connectivity index (χ2n) is 4.83. The molecular weight excluding hydrogens is 202 g/mol. The topological polar surface area (TPSA) is 43.7 Å². The standard InChI is InChI=1S/C13H19NO2/c1-8(2)14-12-5-4-11(16)6-10(12)7-13(14)9(3)15/h4-6,8-9,13,15-16H,7H2,1-3H3. The molecule has 0 aromatic heterocycles. The molecule has 0 amide bonds. The highest BCUT2D eigenvalue weighted by atomic mass is 16.3. The Morgan fingerprint density at radius 1 is 1.31 bits per heavy atom. The zero-order chi connectivity index (χ0) is 11.9. The predicted octanol–water partition coefficient (Wildman–Crippen LogP) is 1.91. The Hall–Kier alpha value is -1.22. The zero-order valence-electron chi connectivity index (χ0n) is 10.0. The van der Waals surface area contributed by atoms with Crippen molar-refractivity contribution in [3.05, 3.63) is 23.8 Å². The Balaban J connectivity index is 2.41. The van der Waals surface area contributed by atoms with Crippen LogP contribution >= 0.6 is 0 Å². The van der Waals surface area contributed by atoms with Crippen molar-refractivity contribution in [2.45, 2.75) is 45.4 Å². The molecule has 0 spiro atoms. The van der Waals surface area contributed by atoms with Crippen LogP contribution in [-0.4, -0.2) is 28.4 Å². The largest absolute Gasteiger partial charge is 0.508 e. The lowest BCUT2D eigenvalue weighted by Gasteiger charge is -2.33. The summed E-state index contributed by atoms with van der Waals surface area (Å²) >= 11 is 0. The van der Waals surface area contributed by atoms with Crippen LogP contribution in [0.3, 0.4) is 0 Å². The molecule has 16 heavy (non-hydrogen) atoms. The minimum atomic E-state index is -0.364. The Bertz CT molecular complexity index is 388. The number of aromatic hydroxyl groups is 1. The molecule has 88 valence electrons. The summed E-state index contributed by atoms with van der Waals surface area (Å²) in [4.78, 5) is 2.24. The highest BCUT2D eigenvalue weighted by Gasteiger charge is 2.33. The van der Waals surface area contributed by atoms with Crippen LogP contribution in [-0.2, 0) is 6.42 Å². The third-order valence-electron chi connectivity index (χ3n) is 3.24. The molecule has 0 saturated heterocycles. The number of phenolic OH excluding ortho intramolecular Hbond substituents is 1. The molecule has 1 aromatic rings. The van der Waals surface area contributed by atoms with Gasteiger partial charge in [-0.25, -0.2) is 0 Å². The molecule has 0 bridgehead atoms. The quantitative estimate of drug-likeness (QED) is 0.801. The van der Waals surface area contributed by atoms with Gasteiger partial charge < -0.3 is 15.1 Å². The fourth-order valence-corrected chi connectivity index (χ4v) is 2.55. The number of benzene rings is 1. The number of phenols is 1. The molecule has 2 rings (SSSR count). The number of anilines is 1. The molecule has 0 radical (unpaired) electrons. The molecule has 3 heteroatoms. The summed E-state index contributed by atoms with van der Waals surface area (Å²) in [6.07, 6.45) is 0.441. The molecule has 1 heterocycles. The van der Waals surface area contributed by atoms with E-state index in [0.717, 1.165) is 17.7 Å². The number of hydrogen-bond acceptors (Lipinski definition) is 3. The van der Waals surface area contributed by atoms with Crippen LogP contribution in [0.5, 0.6) is 5.75 Å². The fourth-order valence-electron chi connectivity index (χ4n) is 2.55. The van der Waals surface area contributed by atoms with Crippen molar-refractivity contribution in [2.24, 2.45) is 0 Å². The Kier molecular flexibility index (Phi) is 2.80.